The number of anilines is 2. The van der Waals surface area contributed by atoms with Gasteiger partial charge in [0.25, 0.3) is 5.56 Å². The predicted molar refractivity (Wildman–Crippen MR) is 58.2 cm³/mol. The maximum absolute atomic E-state index is 11.5. The summed E-state index contributed by atoms with van der Waals surface area (Å²) in [6.45, 7) is 2.78. The van der Waals surface area contributed by atoms with Crippen LogP contribution in [0, 0.1) is 0 Å². The largest absolute Gasteiger partial charge is 0.396 e. The molecule has 1 aromatic heterocycles. The molecule has 0 unspecified atom stereocenters. The normalized spacial score (nSPS) is 10.5. The number of hydrogen-bond acceptors (Lipinski definition) is 5. The van der Waals surface area contributed by atoms with Crippen LogP contribution in [0.2, 0.25) is 0 Å². The maximum Gasteiger partial charge on any atom is 0.294 e. The molecule has 6 heteroatoms. The van der Waals surface area contributed by atoms with Crippen molar-refractivity contribution in [3.05, 3.63) is 16.6 Å². The number of unbranched alkanes of at least 4 members (excludes halogenated alkanes) is 1. The second kappa shape index (κ2) is 5.35. The van der Waals surface area contributed by atoms with Crippen molar-refractivity contribution in [1.29, 1.82) is 0 Å². The molecular formula is C9H16N4O2. The Morgan fingerprint density at radius 2 is 2.27 bits per heavy atom. The average Bonchev–Trinajstić information content (AvgIpc) is 2.24. The van der Waals surface area contributed by atoms with E-state index in [2.05, 4.69) is 12.0 Å². The summed E-state index contributed by atoms with van der Waals surface area (Å²) in [6, 6.07) is 0. The molecule has 1 aromatic rings. The zero-order chi connectivity index (χ0) is 11.3. The Labute approximate surface area is 87.8 Å². The summed E-state index contributed by atoms with van der Waals surface area (Å²) in [5, 5.41) is 3.81. The third kappa shape index (κ3) is 2.95. The number of hydrogen-bond donors (Lipinski definition) is 2. The van der Waals surface area contributed by atoms with Crippen LogP contribution < -0.4 is 17.0 Å². The highest BCUT2D eigenvalue weighted by Gasteiger charge is 2.04. The first-order valence-electron chi connectivity index (χ1n) is 4.85. The first-order valence-corrected chi connectivity index (χ1v) is 4.85. The van der Waals surface area contributed by atoms with Gasteiger partial charge in [-0.25, -0.2) is 4.68 Å². The third-order valence-corrected chi connectivity index (χ3v) is 1.97. The summed E-state index contributed by atoms with van der Waals surface area (Å²) in [7, 11) is 0. The average molecular weight is 212 g/mol. The highest BCUT2D eigenvalue weighted by atomic mass is 16.5. The van der Waals surface area contributed by atoms with Crippen molar-refractivity contribution in [3.63, 3.8) is 0 Å². The molecule has 6 nitrogen and oxygen atoms in total. The zero-order valence-electron chi connectivity index (χ0n) is 8.77. The molecule has 1 heterocycles. The first kappa shape index (κ1) is 11.5. The lowest BCUT2D eigenvalue weighted by Crippen LogP contribution is -2.27. The molecular weight excluding hydrogens is 196 g/mol. The van der Waals surface area contributed by atoms with Crippen LogP contribution in [0.5, 0.6) is 0 Å². The molecule has 0 spiro atoms. The number of nitrogens with zero attached hydrogens (tertiary/aromatic N) is 2. The van der Waals surface area contributed by atoms with Crippen LogP contribution >= 0.6 is 0 Å². The molecule has 0 aromatic carbocycles. The van der Waals surface area contributed by atoms with Gasteiger partial charge in [-0.1, -0.05) is 13.3 Å². The molecule has 0 aliphatic heterocycles. The van der Waals surface area contributed by atoms with Crippen LogP contribution in [0.25, 0.3) is 0 Å². The molecule has 0 fully saturated rings. The van der Waals surface area contributed by atoms with E-state index in [9.17, 15) is 4.79 Å². The molecule has 0 amide bonds. The number of nitrogens with two attached hydrogens (primary N) is 2. The monoisotopic (exact) mass is 212 g/mol. The van der Waals surface area contributed by atoms with Gasteiger partial charge in [0.1, 0.15) is 12.4 Å². The summed E-state index contributed by atoms with van der Waals surface area (Å²) < 4.78 is 6.39. The Bertz CT molecular complexity index is 375. The predicted octanol–water partition coefficient (Wildman–Crippen LogP) is 0.182. The van der Waals surface area contributed by atoms with Gasteiger partial charge in [-0.05, 0) is 6.42 Å². The number of rotatable bonds is 5. The smallest absolute Gasteiger partial charge is 0.294 e. The molecule has 4 N–H and O–H groups in total. The summed E-state index contributed by atoms with van der Waals surface area (Å²) in [5.41, 5.74) is 10.7. The third-order valence-electron chi connectivity index (χ3n) is 1.97. The van der Waals surface area contributed by atoms with E-state index in [1.807, 2.05) is 0 Å². The van der Waals surface area contributed by atoms with Crippen molar-refractivity contribution in [2.24, 2.45) is 0 Å². The molecule has 0 saturated carbocycles. The Balaban J connectivity index is 2.63. The second-order valence-corrected chi connectivity index (χ2v) is 3.21. The molecule has 0 radical (unpaired) electrons. The topological polar surface area (TPSA) is 96.2 Å². The van der Waals surface area contributed by atoms with Crippen LogP contribution in [0.3, 0.4) is 0 Å². The van der Waals surface area contributed by atoms with Crippen molar-refractivity contribution in [3.8, 4) is 0 Å². The molecule has 0 aliphatic carbocycles. The Morgan fingerprint density at radius 3 is 2.93 bits per heavy atom. The van der Waals surface area contributed by atoms with E-state index < -0.39 is 5.56 Å². The summed E-state index contributed by atoms with van der Waals surface area (Å²) in [5.74, 6) is 0. The highest BCUT2D eigenvalue weighted by Crippen LogP contribution is 2.03. The first-order chi connectivity index (χ1) is 7.16. The zero-order valence-corrected chi connectivity index (χ0v) is 8.77. The van der Waals surface area contributed by atoms with Crippen LogP contribution in [0.4, 0.5) is 11.4 Å². The lowest BCUT2D eigenvalue weighted by Gasteiger charge is -2.07. The van der Waals surface area contributed by atoms with Crippen LogP contribution in [0.15, 0.2) is 11.0 Å². The summed E-state index contributed by atoms with van der Waals surface area (Å²) in [6.07, 6.45) is 3.35. The Hall–Kier alpha value is -1.56. The van der Waals surface area contributed by atoms with E-state index in [0.717, 1.165) is 17.5 Å². The molecule has 0 bridgehead atoms. The van der Waals surface area contributed by atoms with Gasteiger partial charge in [0.2, 0.25) is 0 Å². The van der Waals surface area contributed by atoms with Gasteiger partial charge in [0.05, 0.1) is 11.9 Å². The molecule has 0 saturated heterocycles. The van der Waals surface area contributed by atoms with Crippen molar-refractivity contribution in [1.82, 2.24) is 9.78 Å². The minimum atomic E-state index is -0.411. The van der Waals surface area contributed by atoms with Gasteiger partial charge >= 0.3 is 0 Å². The molecule has 0 aliphatic rings. The van der Waals surface area contributed by atoms with E-state index in [1.54, 1.807) is 0 Å². The molecule has 84 valence electrons. The van der Waals surface area contributed by atoms with Gasteiger partial charge in [0.15, 0.2) is 0 Å². The number of aromatic nitrogens is 2. The van der Waals surface area contributed by atoms with Crippen molar-refractivity contribution in [2.45, 2.75) is 26.5 Å². The quantitative estimate of drug-likeness (QED) is 0.679. The number of nitrogen functional groups attached to an aromatic ring is 2. The fraction of sp³-hybridized carbons (Fsp3) is 0.556. The van der Waals surface area contributed by atoms with Gasteiger partial charge in [-0.2, -0.15) is 5.10 Å². The van der Waals surface area contributed by atoms with E-state index in [-0.39, 0.29) is 18.1 Å². The van der Waals surface area contributed by atoms with Gasteiger partial charge in [-0.15, -0.1) is 0 Å². The van der Waals surface area contributed by atoms with Crippen molar-refractivity contribution in [2.75, 3.05) is 18.1 Å². The Kier molecular flexibility index (Phi) is 4.11. The molecule has 15 heavy (non-hydrogen) atoms. The fourth-order valence-corrected chi connectivity index (χ4v) is 1.01. The molecule has 1 rings (SSSR count). The number of ether oxygens (including phenoxy) is 1. The summed E-state index contributed by atoms with van der Waals surface area (Å²) in [4.78, 5) is 11.5. The van der Waals surface area contributed by atoms with E-state index in [0.29, 0.717) is 6.61 Å². The minimum absolute atomic E-state index is 0.0177. The van der Waals surface area contributed by atoms with E-state index in [4.69, 9.17) is 16.2 Å². The lowest BCUT2D eigenvalue weighted by atomic mass is 10.4. The second-order valence-electron chi connectivity index (χ2n) is 3.21. The van der Waals surface area contributed by atoms with Crippen LogP contribution in [-0.4, -0.2) is 16.4 Å². The standard InChI is InChI=1S/C9H16N4O2/c1-2-3-4-15-6-13-9(14)8(11)7(10)5-12-13/h5H,2-4,6,10-11H2,1H3. The maximum atomic E-state index is 11.5. The fourth-order valence-electron chi connectivity index (χ4n) is 1.01. The van der Waals surface area contributed by atoms with E-state index >= 15 is 0 Å². The highest BCUT2D eigenvalue weighted by molar-refractivity contribution is 5.59. The van der Waals surface area contributed by atoms with Gasteiger partial charge < -0.3 is 16.2 Å². The summed E-state index contributed by atoms with van der Waals surface area (Å²) >= 11 is 0. The van der Waals surface area contributed by atoms with E-state index in [1.165, 1.54) is 6.20 Å². The van der Waals surface area contributed by atoms with Crippen LogP contribution in [0.1, 0.15) is 19.8 Å². The van der Waals surface area contributed by atoms with Crippen molar-refractivity contribution >= 4 is 11.4 Å². The lowest BCUT2D eigenvalue weighted by molar-refractivity contribution is 0.0637. The molecule has 0 atom stereocenters. The Morgan fingerprint density at radius 1 is 1.53 bits per heavy atom. The minimum Gasteiger partial charge on any atom is -0.396 e. The SMILES string of the molecule is CCCCOCn1ncc(N)c(N)c1=O. The van der Waals surface area contributed by atoms with Gasteiger partial charge in [0, 0.05) is 6.61 Å². The van der Waals surface area contributed by atoms with Gasteiger partial charge in [-0.3, -0.25) is 4.79 Å². The van der Waals surface area contributed by atoms with Crippen molar-refractivity contribution < 1.29 is 4.74 Å². The van der Waals surface area contributed by atoms with Crippen LogP contribution in [-0.2, 0) is 11.5 Å².